The highest BCUT2D eigenvalue weighted by Crippen LogP contribution is 2.26. The van der Waals surface area contributed by atoms with Crippen LogP contribution in [0.15, 0.2) is 22.7 Å². The zero-order valence-electron chi connectivity index (χ0n) is 9.73. The number of aryl methyl sites for hydroxylation is 1. The van der Waals surface area contributed by atoms with Crippen molar-refractivity contribution >= 4 is 11.6 Å². The van der Waals surface area contributed by atoms with Crippen LogP contribution >= 0.6 is 11.6 Å². The van der Waals surface area contributed by atoms with Gasteiger partial charge in [0.1, 0.15) is 5.82 Å². The maximum absolute atomic E-state index is 12.9. The van der Waals surface area contributed by atoms with Crippen LogP contribution in [0.3, 0.4) is 0 Å². The van der Waals surface area contributed by atoms with Crippen LogP contribution in [-0.4, -0.2) is 21.4 Å². The van der Waals surface area contributed by atoms with Crippen molar-refractivity contribution in [3.63, 3.8) is 0 Å². The summed E-state index contributed by atoms with van der Waals surface area (Å²) in [5.74, 6) is 0.327. The Morgan fingerprint density at radius 3 is 2.94 bits per heavy atom. The minimum Gasteiger partial charge on any atom is -0.393 e. The number of aliphatic hydroxyl groups excluding tert-OH is 1. The van der Waals surface area contributed by atoms with E-state index in [-0.39, 0.29) is 5.02 Å². The van der Waals surface area contributed by atoms with Gasteiger partial charge in [-0.25, -0.2) is 4.39 Å². The number of nitrogens with zero attached hydrogens (tertiary/aromatic N) is 2. The van der Waals surface area contributed by atoms with E-state index in [9.17, 15) is 4.39 Å². The van der Waals surface area contributed by atoms with Crippen LogP contribution in [-0.2, 0) is 6.42 Å². The highest BCUT2D eigenvalue weighted by atomic mass is 35.5. The molecule has 1 unspecified atom stereocenters. The molecule has 96 valence electrons. The second kappa shape index (κ2) is 5.46. The van der Waals surface area contributed by atoms with Crippen LogP contribution in [0.4, 0.5) is 4.39 Å². The van der Waals surface area contributed by atoms with E-state index in [1.165, 1.54) is 18.2 Å². The Kier molecular flexibility index (Phi) is 3.93. The number of hydrogen-bond donors (Lipinski definition) is 1. The second-order valence-electron chi connectivity index (χ2n) is 4.02. The molecular weight excluding hydrogens is 259 g/mol. The number of rotatable bonds is 4. The standard InChI is InChI=1S/C12H12ClFN2O2/c1-7(17)2-5-11-15-12(16-18-11)9-4-3-8(14)6-10(9)13/h3-4,6-7,17H,2,5H2,1H3. The summed E-state index contributed by atoms with van der Waals surface area (Å²) in [4.78, 5) is 4.15. The van der Waals surface area contributed by atoms with Crippen LogP contribution in [0.1, 0.15) is 19.2 Å². The molecule has 0 amide bonds. The highest BCUT2D eigenvalue weighted by molar-refractivity contribution is 6.33. The molecule has 0 saturated carbocycles. The molecule has 0 aliphatic rings. The van der Waals surface area contributed by atoms with Gasteiger partial charge in [0, 0.05) is 12.0 Å². The molecule has 1 aromatic carbocycles. The van der Waals surface area contributed by atoms with Crippen molar-refractivity contribution in [2.45, 2.75) is 25.9 Å². The summed E-state index contributed by atoms with van der Waals surface area (Å²) in [7, 11) is 0. The molecule has 1 aromatic heterocycles. The van der Waals surface area contributed by atoms with E-state index in [1.807, 2.05) is 0 Å². The molecule has 2 rings (SSSR count). The van der Waals surface area contributed by atoms with Crippen molar-refractivity contribution in [2.75, 3.05) is 0 Å². The molecule has 2 aromatic rings. The van der Waals surface area contributed by atoms with Gasteiger partial charge in [-0.1, -0.05) is 16.8 Å². The number of aliphatic hydroxyl groups is 1. The number of hydrogen-bond acceptors (Lipinski definition) is 4. The van der Waals surface area contributed by atoms with Gasteiger partial charge < -0.3 is 9.63 Å². The topological polar surface area (TPSA) is 59.2 Å². The molecule has 0 saturated heterocycles. The Morgan fingerprint density at radius 1 is 1.50 bits per heavy atom. The Hall–Kier alpha value is -1.46. The van der Waals surface area contributed by atoms with Crippen LogP contribution in [0.5, 0.6) is 0 Å². The number of benzene rings is 1. The first-order valence-corrected chi connectivity index (χ1v) is 5.90. The molecule has 0 aliphatic carbocycles. The first-order valence-electron chi connectivity index (χ1n) is 5.52. The van der Waals surface area contributed by atoms with Crippen LogP contribution in [0.25, 0.3) is 11.4 Å². The third-order valence-electron chi connectivity index (χ3n) is 2.42. The van der Waals surface area contributed by atoms with E-state index in [2.05, 4.69) is 10.1 Å². The maximum Gasteiger partial charge on any atom is 0.227 e. The van der Waals surface area contributed by atoms with Gasteiger partial charge in [0.2, 0.25) is 11.7 Å². The zero-order chi connectivity index (χ0) is 13.1. The molecule has 6 heteroatoms. The smallest absolute Gasteiger partial charge is 0.227 e. The molecule has 0 aliphatic heterocycles. The molecule has 4 nitrogen and oxygen atoms in total. The normalized spacial score (nSPS) is 12.7. The molecule has 0 radical (unpaired) electrons. The lowest BCUT2D eigenvalue weighted by Gasteiger charge is -1.99. The van der Waals surface area contributed by atoms with Crippen molar-refractivity contribution in [3.8, 4) is 11.4 Å². The summed E-state index contributed by atoms with van der Waals surface area (Å²) in [6.07, 6.45) is 0.609. The van der Waals surface area contributed by atoms with Gasteiger partial charge in [-0.05, 0) is 31.5 Å². The SMILES string of the molecule is CC(O)CCc1nc(-c2ccc(F)cc2Cl)no1. The minimum atomic E-state index is -0.422. The Bertz CT molecular complexity index is 543. The van der Waals surface area contributed by atoms with E-state index < -0.39 is 11.9 Å². The number of halogens is 2. The van der Waals surface area contributed by atoms with Gasteiger partial charge in [0.05, 0.1) is 11.1 Å². The van der Waals surface area contributed by atoms with Crippen molar-refractivity contribution < 1.29 is 14.0 Å². The van der Waals surface area contributed by atoms with Gasteiger partial charge >= 0.3 is 0 Å². The molecule has 0 bridgehead atoms. The Morgan fingerprint density at radius 2 is 2.28 bits per heavy atom. The average Bonchev–Trinajstić information content (AvgIpc) is 2.75. The minimum absolute atomic E-state index is 0.234. The van der Waals surface area contributed by atoms with Crippen LogP contribution in [0, 0.1) is 5.82 Å². The predicted octanol–water partition coefficient (Wildman–Crippen LogP) is 2.84. The predicted molar refractivity (Wildman–Crippen MR) is 64.7 cm³/mol. The molecule has 0 fully saturated rings. The zero-order valence-corrected chi connectivity index (χ0v) is 10.5. The lowest BCUT2D eigenvalue weighted by atomic mass is 10.2. The van der Waals surface area contributed by atoms with E-state index >= 15 is 0 Å². The van der Waals surface area contributed by atoms with Crippen molar-refractivity contribution in [1.29, 1.82) is 0 Å². The van der Waals surface area contributed by atoms with Crippen LogP contribution < -0.4 is 0 Å². The van der Waals surface area contributed by atoms with Gasteiger partial charge in [-0.2, -0.15) is 4.98 Å². The summed E-state index contributed by atoms with van der Waals surface area (Å²) in [5.41, 5.74) is 0.519. The molecule has 0 spiro atoms. The van der Waals surface area contributed by atoms with E-state index in [0.29, 0.717) is 30.1 Å². The van der Waals surface area contributed by atoms with Crippen LogP contribution in [0.2, 0.25) is 5.02 Å². The van der Waals surface area contributed by atoms with Crippen molar-refractivity contribution in [3.05, 3.63) is 34.9 Å². The van der Waals surface area contributed by atoms with Gasteiger partial charge in [-0.3, -0.25) is 0 Å². The average molecular weight is 271 g/mol. The van der Waals surface area contributed by atoms with Gasteiger partial charge in [-0.15, -0.1) is 0 Å². The molecule has 1 heterocycles. The quantitative estimate of drug-likeness (QED) is 0.928. The second-order valence-corrected chi connectivity index (χ2v) is 4.43. The monoisotopic (exact) mass is 270 g/mol. The fourth-order valence-electron chi connectivity index (χ4n) is 1.47. The summed E-state index contributed by atoms with van der Waals surface area (Å²) in [6, 6.07) is 3.98. The lowest BCUT2D eigenvalue weighted by Crippen LogP contribution is -2.01. The van der Waals surface area contributed by atoms with E-state index in [4.69, 9.17) is 21.2 Å². The molecule has 18 heavy (non-hydrogen) atoms. The fourth-order valence-corrected chi connectivity index (χ4v) is 1.72. The largest absolute Gasteiger partial charge is 0.393 e. The summed E-state index contributed by atoms with van der Waals surface area (Å²) >= 11 is 5.90. The van der Waals surface area contributed by atoms with E-state index in [1.54, 1.807) is 6.92 Å². The first kappa shape index (κ1) is 13.0. The third-order valence-corrected chi connectivity index (χ3v) is 2.73. The summed E-state index contributed by atoms with van der Waals surface area (Å²) < 4.78 is 17.9. The first-order chi connectivity index (χ1) is 8.56. The Labute approximate surface area is 108 Å². The van der Waals surface area contributed by atoms with Gasteiger partial charge in [0.25, 0.3) is 0 Å². The summed E-state index contributed by atoms with van der Waals surface area (Å²) in [5, 5.41) is 13.2. The fraction of sp³-hybridized carbons (Fsp3) is 0.333. The maximum atomic E-state index is 12.9. The van der Waals surface area contributed by atoms with Gasteiger partial charge in [0.15, 0.2) is 0 Å². The lowest BCUT2D eigenvalue weighted by molar-refractivity contribution is 0.180. The highest BCUT2D eigenvalue weighted by Gasteiger charge is 2.12. The molecular formula is C12H12ClFN2O2. The third kappa shape index (κ3) is 3.05. The molecule has 1 atom stereocenters. The van der Waals surface area contributed by atoms with Crippen molar-refractivity contribution in [2.24, 2.45) is 0 Å². The summed E-state index contributed by atoms with van der Waals surface area (Å²) in [6.45, 7) is 1.69. The Balaban J connectivity index is 2.18. The van der Waals surface area contributed by atoms with Crippen molar-refractivity contribution in [1.82, 2.24) is 10.1 Å². The molecule has 1 N–H and O–H groups in total. The van der Waals surface area contributed by atoms with E-state index in [0.717, 1.165) is 0 Å². The number of aromatic nitrogens is 2.